The summed E-state index contributed by atoms with van der Waals surface area (Å²) in [4.78, 5) is 59.6. The molecular formula is C42H53N3O8Si. The van der Waals surface area contributed by atoms with Gasteiger partial charge in [-0.2, -0.15) is 0 Å². The topological polar surface area (TPSA) is 126 Å². The number of anilines is 2. The van der Waals surface area contributed by atoms with Gasteiger partial charge in [0, 0.05) is 56.2 Å². The maximum atomic E-state index is 15.2. The van der Waals surface area contributed by atoms with Crippen molar-refractivity contribution in [3.8, 4) is 5.75 Å². The summed E-state index contributed by atoms with van der Waals surface area (Å²) in [6.45, 7) is 7.92. The van der Waals surface area contributed by atoms with E-state index in [1.54, 1.807) is 21.8 Å². The summed E-state index contributed by atoms with van der Waals surface area (Å²) in [6.07, 6.45) is 2.02. The van der Waals surface area contributed by atoms with Crippen molar-refractivity contribution in [1.29, 1.82) is 0 Å². The smallest absolute Gasteiger partial charge is 0.305 e. The number of nitrogens with zero attached hydrogens (tertiary/aromatic N) is 3. The fourth-order valence-electron chi connectivity index (χ4n) is 8.97. The van der Waals surface area contributed by atoms with Crippen LogP contribution >= 0.6 is 0 Å². The molecule has 3 aromatic rings. The number of fused-ring (bicyclic) bond motifs is 2. The highest BCUT2D eigenvalue weighted by Crippen LogP contribution is 2.60. The van der Waals surface area contributed by atoms with E-state index >= 15 is 4.79 Å². The maximum absolute atomic E-state index is 15.2. The molecule has 3 aromatic carbocycles. The van der Waals surface area contributed by atoms with Crippen LogP contribution in [0.2, 0.25) is 18.6 Å². The summed E-state index contributed by atoms with van der Waals surface area (Å²) in [6, 6.07) is 23.6. The van der Waals surface area contributed by atoms with Crippen LogP contribution < -0.4 is 19.7 Å². The first-order valence-corrected chi connectivity index (χ1v) is 22.1. The molecule has 0 unspecified atom stereocenters. The lowest BCUT2D eigenvalue weighted by Crippen LogP contribution is -2.52. The monoisotopic (exact) mass is 755 g/mol. The lowest BCUT2D eigenvalue weighted by atomic mass is 9.82. The molecule has 1 spiro atoms. The maximum Gasteiger partial charge on any atom is 0.305 e. The van der Waals surface area contributed by atoms with Crippen molar-refractivity contribution >= 4 is 48.3 Å². The number of ether oxygens (including phenoxy) is 3. The Morgan fingerprint density at radius 3 is 2.41 bits per heavy atom. The summed E-state index contributed by atoms with van der Waals surface area (Å²) in [5.41, 5.74) is 1.52. The predicted molar refractivity (Wildman–Crippen MR) is 209 cm³/mol. The number of benzene rings is 3. The van der Waals surface area contributed by atoms with Gasteiger partial charge in [-0.25, -0.2) is 0 Å². The van der Waals surface area contributed by atoms with Crippen LogP contribution in [-0.4, -0.2) is 88.3 Å². The number of esters is 1. The lowest BCUT2D eigenvalue weighted by Gasteiger charge is -2.37. The third-order valence-electron chi connectivity index (χ3n) is 11.8. The van der Waals surface area contributed by atoms with Crippen molar-refractivity contribution in [2.24, 2.45) is 5.92 Å². The summed E-state index contributed by atoms with van der Waals surface area (Å²) in [5.74, 6) is -0.205. The van der Waals surface area contributed by atoms with E-state index in [0.717, 1.165) is 34.3 Å². The van der Waals surface area contributed by atoms with Gasteiger partial charge < -0.3 is 34.0 Å². The number of hydrogen-bond acceptors (Lipinski definition) is 8. The standard InChI is InChI=1S/C42H53N3O8Si/c1-29-40(54(4,5)33-19-17-32(51-2)18-20-33)36(27-38(48)43(24-25-46)28-30-12-7-6-8-13-30)53-42(29)34-26-31(44-23-11-14-37(44)47)16-21-35(34)45(41(42)50)22-10-9-15-39(49)52-3/h6-8,12-13,16-21,26,29,36,40,46H,9-11,14-15,22-25,27-28H2,1-5H3/t29-,36+,40-,42+/m1/s1. The Labute approximate surface area is 319 Å². The molecule has 4 atom stereocenters. The van der Waals surface area contributed by atoms with Crippen molar-refractivity contribution in [1.82, 2.24) is 4.90 Å². The molecule has 11 nitrogen and oxygen atoms in total. The SMILES string of the molecule is COC(=O)CCCCN1C(=O)[C@@]2(O[C@@H](CC(=O)N(CCO)Cc3ccccc3)[C@H]([Si](C)(C)c3ccc(OC)cc3)[C@H]2C)c2cc(N3CCCC3=O)ccc21. The Morgan fingerprint density at radius 1 is 1.02 bits per heavy atom. The van der Waals surface area contributed by atoms with Crippen LogP contribution in [0.5, 0.6) is 5.75 Å². The van der Waals surface area contributed by atoms with Crippen molar-refractivity contribution < 1.29 is 38.5 Å². The van der Waals surface area contributed by atoms with E-state index in [4.69, 9.17) is 14.2 Å². The molecule has 0 aliphatic carbocycles. The van der Waals surface area contributed by atoms with Crippen molar-refractivity contribution in [2.45, 2.75) is 82.3 Å². The van der Waals surface area contributed by atoms with Crippen LogP contribution in [-0.2, 0) is 40.8 Å². The second-order valence-electron chi connectivity index (χ2n) is 15.2. The number of amides is 3. The number of methoxy groups -OCH3 is 2. The lowest BCUT2D eigenvalue weighted by molar-refractivity contribution is -0.149. The van der Waals surface area contributed by atoms with Crippen LogP contribution in [0.25, 0.3) is 0 Å². The molecule has 54 heavy (non-hydrogen) atoms. The van der Waals surface area contributed by atoms with Gasteiger partial charge in [0.2, 0.25) is 11.8 Å². The Morgan fingerprint density at radius 2 is 1.76 bits per heavy atom. The molecule has 2 saturated heterocycles. The van der Waals surface area contributed by atoms with Gasteiger partial charge in [-0.1, -0.05) is 67.7 Å². The van der Waals surface area contributed by atoms with Crippen LogP contribution in [0, 0.1) is 5.92 Å². The van der Waals surface area contributed by atoms with Crippen LogP contribution in [0.3, 0.4) is 0 Å². The van der Waals surface area contributed by atoms with Crippen LogP contribution in [0.1, 0.15) is 56.6 Å². The molecule has 2 fully saturated rings. The second-order valence-corrected chi connectivity index (χ2v) is 19.9. The Hall–Kier alpha value is -4.52. The molecule has 0 saturated carbocycles. The van der Waals surface area contributed by atoms with Crippen molar-refractivity contribution in [3.63, 3.8) is 0 Å². The van der Waals surface area contributed by atoms with Gasteiger partial charge in [-0.3, -0.25) is 19.2 Å². The zero-order valence-electron chi connectivity index (χ0n) is 32.1. The number of carbonyl (C=O) groups excluding carboxylic acids is 4. The zero-order valence-corrected chi connectivity index (χ0v) is 33.1. The number of rotatable bonds is 15. The Balaban J connectivity index is 1.43. The number of aliphatic hydroxyl groups excluding tert-OH is 1. The average molecular weight is 756 g/mol. The van der Waals surface area contributed by atoms with E-state index in [2.05, 4.69) is 32.2 Å². The number of aliphatic hydroxyl groups is 1. The molecule has 3 aliphatic heterocycles. The molecule has 3 amide bonds. The van der Waals surface area contributed by atoms with Gasteiger partial charge in [-0.05, 0) is 60.7 Å². The van der Waals surface area contributed by atoms with Gasteiger partial charge in [0.1, 0.15) is 5.75 Å². The second kappa shape index (κ2) is 16.5. The van der Waals surface area contributed by atoms with Gasteiger partial charge in [0.15, 0.2) is 5.60 Å². The highest BCUT2D eigenvalue weighted by Gasteiger charge is 2.66. The van der Waals surface area contributed by atoms with Gasteiger partial charge >= 0.3 is 5.97 Å². The first-order chi connectivity index (χ1) is 26.0. The van der Waals surface area contributed by atoms with Crippen molar-refractivity contribution in [3.05, 3.63) is 83.9 Å². The van der Waals surface area contributed by atoms with Crippen LogP contribution in [0.15, 0.2) is 72.8 Å². The molecule has 3 aliphatic rings. The van der Waals surface area contributed by atoms with E-state index in [1.807, 2.05) is 60.7 Å². The van der Waals surface area contributed by atoms with E-state index in [-0.39, 0.29) is 61.1 Å². The first-order valence-electron chi connectivity index (χ1n) is 19.0. The van der Waals surface area contributed by atoms with Gasteiger partial charge in [-0.15, -0.1) is 0 Å². The molecule has 6 rings (SSSR count). The van der Waals surface area contributed by atoms with Crippen LogP contribution in [0.4, 0.5) is 11.4 Å². The van der Waals surface area contributed by atoms with Crippen molar-refractivity contribution in [2.75, 3.05) is 50.3 Å². The van der Waals surface area contributed by atoms with Gasteiger partial charge in [0.05, 0.1) is 47.1 Å². The summed E-state index contributed by atoms with van der Waals surface area (Å²) < 4.78 is 17.6. The van der Waals surface area contributed by atoms with E-state index < -0.39 is 19.8 Å². The number of hydrogen-bond donors (Lipinski definition) is 1. The average Bonchev–Trinajstić information content (AvgIpc) is 3.81. The summed E-state index contributed by atoms with van der Waals surface area (Å²) >= 11 is 0. The van der Waals surface area contributed by atoms with E-state index in [1.165, 1.54) is 7.11 Å². The number of unbranched alkanes of at least 4 members (excludes halogenated alkanes) is 1. The molecule has 3 heterocycles. The molecule has 1 N–H and O–H groups in total. The third kappa shape index (κ3) is 7.43. The minimum atomic E-state index is -2.55. The third-order valence-corrected chi connectivity index (χ3v) is 16.1. The molecule has 0 radical (unpaired) electrons. The molecule has 0 bridgehead atoms. The first kappa shape index (κ1) is 39.2. The Bertz CT molecular complexity index is 1840. The zero-order chi connectivity index (χ0) is 38.6. The normalized spacial score (nSPS) is 22.2. The van der Waals surface area contributed by atoms with Gasteiger partial charge in [0.25, 0.3) is 5.91 Å². The molecule has 288 valence electrons. The number of carbonyl (C=O) groups is 4. The predicted octanol–water partition coefficient (Wildman–Crippen LogP) is 5.14. The largest absolute Gasteiger partial charge is 0.497 e. The summed E-state index contributed by atoms with van der Waals surface area (Å²) in [5, 5.41) is 11.2. The quantitative estimate of drug-likeness (QED) is 0.129. The highest BCUT2D eigenvalue weighted by atomic mass is 28.3. The molecule has 12 heteroatoms. The summed E-state index contributed by atoms with van der Waals surface area (Å²) in [7, 11) is 0.450. The fraction of sp³-hybridized carbons (Fsp3) is 0.476. The molecule has 0 aromatic heterocycles. The van der Waals surface area contributed by atoms with E-state index in [0.29, 0.717) is 44.5 Å². The minimum Gasteiger partial charge on any atom is -0.497 e. The fourth-order valence-corrected chi connectivity index (χ4v) is 13.0. The van der Waals surface area contributed by atoms with E-state index in [9.17, 15) is 19.5 Å². The Kier molecular flexibility index (Phi) is 11.9. The minimum absolute atomic E-state index is 0.0300. The molecular weight excluding hydrogens is 703 g/mol. The highest BCUT2D eigenvalue weighted by molar-refractivity contribution is 6.91.